The number of nitrogens with zero attached hydrogens (tertiary/aromatic N) is 1. The predicted molar refractivity (Wildman–Crippen MR) is 80.9 cm³/mol. The number of benzene rings is 1. The van der Waals surface area contributed by atoms with Gasteiger partial charge in [-0.25, -0.2) is 17.2 Å². The molecule has 0 saturated carbocycles. The Kier molecular flexibility index (Phi) is 6.28. The molecule has 22 heavy (non-hydrogen) atoms. The second kappa shape index (κ2) is 7.53. The summed E-state index contributed by atoms with van der Waals surface area (Å²) in [6, 6.07) is 2.53. The van der Waals surface area contributed by atoms with Crippen LogP contribution in [0.4, 0.5) is 14.5 Å². The average Bonchev–Trinajstić information content (AvgIpc) is 2.42. The van der Waals surface area contributed by atoms with Crippen LogP contribution in [-0.4, -0.2) is 38.1 Å². The largest absolute Gasteiger partial charge is 0.343 e. The van der Waals surface area contributed by atoms with Gasteiger partial charge in [-0.1, -0.05) is 6.92 Å². The molecular formula is C14H20F2N2O3S. The molecule has 0 aromatic heterocycles. The highest BCUT2D eigenvalue weighted by molar-refractivity contribution is 7.92. The standard InChI is InChI=1S/C14H20F2N2O3S/c1-4-18(5-2)14(19)10(3)9-22(20,21)17-13-7-6-11(15)8-12(13)16/h6-8,10,17H,4-5,9H2,1-3H3. The fourth-order valence-corrected chi connectivity index (χ4v) is 3.41. The third-order valence-electron chi connectivity index (χ3n) is 3.16. The number of carbonyl (C=O) groups excluding carboxylic acids is 1. The Morgan fingerprint density at radius 1 is 1.27 bits per heavy atom. The number of amides is 1. The number of carbonyl (C=O) groups is 1. The number of rotatable bonds is 7. The molecule has 1 aromatic rings. The first kappa shape index (κ1) is 18.3. The van der Waals surface area contributed by atoms with Crippen molar-refractivity contribution in [1.29, 1.82) is 0 Å². The van der Waals surface area contributed by atoms with E-state index < -0.39 is 33.3 Å². The zero-order valence-corrected chi connectivity index (χ0v) is 13.6. The summed E-state index contributed by atoms with van der Waals surface area (Å²) in [6.07, 6.45) is 0. The highest BCUT2D eigenvalue weighted by Crippen LogP contribution is 2.17. The van der Waals surface area contributed by atoms with Crippen LogP contribution >= 0.6 is 0 Å². The minimum absolute atomic E-state index is 0.282. The Morgan fingerprint density at radius 2 is 1.86 bits per heavy atom. The smallest absolute Gasteiger partial charge is 0.233 e. The summed E-state index contributed by atoms with van der Waals surface area (Å²) < 4.78 is 52.3. The van der Waals surface area contributed by atoms with Crippen molar-refractivity contribution in [3.8, 4) is 0 Å². The van der Waals surface area contributed by atoms with Gasteiger partial charge in [0, 0.05) is 19.2 Å². The summed E-state index contributed by atoms with van der Waals surface area (Å²) in [5.74, 6) is -3.33. The maximum Gasteiger partial charge on any atom is 0.233 e. The molecule has 1 rings (SSSR count). The van der Waals surface area contributed by atoms with E-state index in [-0.39, 0.29) is 11.6 Å². The molecule has 1 N–H and O–H groups in total. The second-order valence-corrected chi connectivity index (χ2v) is 6.69. The van der Waals surface area contributed by atoms with E-state index in [1.54, 1.807) is 13.8 Å². The number of hydrogen-bond acceptors (Lipinski definition) is 3. The molecule has 0 aliphatic rings. The predicted octanol–water partition coefficient (Wildman–Crippen LogP) is 2.21. The lowest BCUT2D eigenvalue weighted by Crippen LogP contribution is -2.38. The topological polar surface area (TPSA) is 66.5 Å². The molecule has 0 saturated heterocycles. The summed E-state index contributed by atoms with van der Waals surface area (Å²) in [7, 11) is -3.92. The van der Waals surface area contributed by atoms with Gasteiger partial charge >= 0.3 is 0 Å². The van der Waals surface area contributed by atoms with Gasteiger partial charge in [0.1, 0.15) is 11.6 Å². The molecule has 1 unspecified atom stereocenters. The van der Waals surface area contributed by atoms with E-state index in [9.17, 15) is 22.0 Å². The van der Waals surface area contributed by atoms with Gasteiger partial charge in [-0.05, 0) is 26.0 Å². The molecule has 5 nitrogen and oxygen atoms in total. The van der Waals surface area contributed by atoms with Crippen LogP contribution < -0.4 is 4.72 Å². The van der Waals surface area contributed by atoms with Gasteiger partial charge in [0.05, 0.1) is 17.4 Å². The first-order valence-corrected chi connectivity index (χ1v) is 8.59. The summed E-state index contributed by atoms with van der Waals surface area (Å²) in [5.41, 5.74) is -0.344. The Labute approximate surface area is 129 Å². The Hall–Kier alpha value is -1.70. The quantitative estimate of drug-likeness (QED) is 0.831. The Morgan fingerprint density at radius 3 is 2.36 bits per heavy atom. The van der Waals surface area contributed by atoms with Crippen molar-refractivity contribution in [1.82, 2.24) is 4.90 Å². The molecule has 1 amide bonds. The van der Waals surface area contributed by atoms with E-state index in [1.807, 2.05) is 4.72 Å². The van der Waals surface area contributed by atoms with Gasteiger partial charge in [-0.15, -0.1) is 0 Å². The molecule has 8 heteroatoms. The molecule has 0 heterocycles. The van der Waals surface area contributed by atoms with Crippen LogP contribution in [0, 0.1) is 17.6 Å². The minimum Gasteiger partial charge on any atom is -0.343 e. The van der Waals surface area contributed by atoms with E-state index in [4.69, 9.17) is 0 Å². The minimum atomic E-state index is -3.92. The number of sulfonamides is 1. The Bertz CT molecular complexity index is 631. The molecule has 0 fully saturated rings. The molecule has 0 aliphatic heterocycles. The van der Waals surface area contributed by atoms with Crippen LogP contribution in [0.1, 0.15) is 20.8 Å². The normalized spacial score (nSPS) is 12.8. The third-order valence-corrected chi connectivity index (χ3v) is 4.63. The second-order valence-electron chi connectivity index (χ2n) is 4.92. The highest BCUT2D eigenvalue weighted by Gasteiger charge is 2.25. The molecule has 1 atom stereocenters. The molecule has 0 aliphatic carbocycles. The van der Waals surface area contributed by atoms with Crippen molar-refractivity contribution >= 4 is 21.6 Å². The number of hydrogen-bond donors (Lipinski definition) is 1. The maximum absolute atomic E-state index is 13.5. The zero-order chi connectivity index (χ0) is 16.9. The summed E-state index contributed by atoms with van der Waals surface area (Å²) >= 11 is 0. The molecule has 0 radical (unpaired) electrons. The first-order valence-electron chi connectivity index (χ1n) is 6.94. The summed E-state index contributed by atoms with van der Waals surface area (Å²) in [4.78, 5) is 13.6. The molecule has 0 bridgehead atoms. The van der Waals surface area contributed by atoms with Crippen molar-refractivity contribution in [3.05, 3.63) is 29.8 Å². The highest BCUT2D eigenvalue weighted by atomic mass is 32.2. The van der Waals surface area contributed by atoms with Gasteiger partial charge < -0.3 is 4.90 Å². The number of halogens is 2. The average molecular weight is 334 g/mol. The van der Waals surface area contributed by atoms with Crippen molar-refractivity contribution < 1.29 is 22.0 Å². The van der Waals surface area contributed by atoms with E-state index in [1.165, 1.54) is 11.8 Å². The van der Waals surface area contributed by atoms with Gasteiger partial charge in [0.2, 0.25) is 15.9 Å². The fourth-order valence-electron chi connectivity index (χ4n) is 2.03. The lowest BCUT2D eigenvalue weighted by atomic mass is 10.2. The van der Waals surface area contributed by atoms with Crippen LogP contribution in [0.25, 0.3) is 0 Å². The van der Waals surface area contributed by atoms with Crippen molar-refractivity contribution in [3.63, 3.8) is 0 Å². The molecule has 1 aromatic carbocycles. The maximum atomic E-state index is 13.5. The van der Waals surface area contributed by atoms with Crippen molar-refractivity contribution in [2.45, 2.75) is 20.8 Å². The van der Waals surface area contributed by atoms with E-state index >= 15 is 0 Å². The summed E-state index contributed by atoms with van der Waals surface area (Å²) in [5, 5.41) is 0. The SMILES string of the molecule is CCN(CC)C(=O)C(C)CS(=O)(=O)Nc1ccc(F)cc1F. The third kappa shape index (κ3) is 4.94. The van der Waals surface area contributed by atoms with Gasteiger partial charge in [-0.3, -0.25) is 9.52 Å². The molecule has 124 valence electrons. The van der Waals surface area contributed by atoms with Gasteiger partial charge in [0.25, 0.3) is 0 Å². The Balaban J connectivity index is 2.81. The van der Waals surface area contributed by atoms with E-state index in [0.717, 1.165) is 12.1 Å². The van der Waals surface area contributed by atoms with Crippen LogP contribution in [0.15, 0.2) is 18.2 Å². The monoisotopic (exact) mass is 334 g/mol. The number of anilines is 1. The van der Waals surface area contributed by atoms with Crippen LogP contribution in [0.2, 0.25) is 0 Å². The van der Waals surface area contributed by atoms with Gasteiger partial charge in [-0.2, -0.15) is 0 Å². The fraction of sp³-hybridized carbons (Fsp3) is 0.500. The lowest BCUT2D eigenvalue weighted by Gasteiger charge is -2.23. The van der Waals surface area contributed by atoms with Gasteiger partial charge in [0.15, 0.2) is 0 Å². The summed E-state index contributed by atoms with van der Waals surface area (Å²) in [6.45, 7) is 6.07. The van der Waals surface area contributed by atoms with Crippen molar-refractivity contribution in [2.75, 3.05) is 23.6 Å². The van der Waals surface area contributed by atoms with E-state index in [2.05, 4.69) is 0 Å². The van der Waals surface area contributed by atoms with Crippen LogP contribution in [-0.2, 0) is 14.8 Å². The molecule has 0 spiro atoms. The van der Waals surface area contributed by atoms with Crippen LogP contribution in [0.5, 0.6) is 0 Å². The van der Waals surface area contributed by atoms with Crippen LogP contribution in [0.3, 0.4) is 0 Å². The number of nitrogens with one attached hydrogen (secondary N) is 1. The van der Waals surface area contributed by atoms with E-state index in [0.29, 0.717) is 19.2 Å². The first-order chi connectivity index (χ1) is 10.2. The lowest BCUT2D eigenvalue weighted by molar-refractivity contribution is -0.133. The van der Waals surface area contributed by atoms with Crippen molar-refractivity contribution in [2.24, 2.45) is 5.92 Å². The zero-order valence-electron chi connectivity index (χ0n) is 12.8. The molecular weight excluding hydrogens is 314 g/mol.